The molecule has 0 aliphatic heterocycles. The first-order valence-corrected chi connectivity index (χ1v) is 3.70. The molecule has 0 amide bonds. The van der Waals surface area contributed by atoms with Gasteiger partial charge in [-0.05, 0) is 24.3 Å². The molecule has 1 rings (SSSR count). The standard InChI is InChI=1S/C9H9FO3/c1-7(11)12-6-13-9-4-2-8(10)3-5-9/h2-5H,6H2,1H3. The minimum Gasteiger partial charge on any atom is -0.457 e. The molecule has 1 aromatic rings. The topological polar surface area (TPSA) is 35.5 Å². The maximum absolute atomic E-state index is 12.4. The van der Waals surface area contributed by atoms with E-state index >= 15 is 0 Å². The second-order valence-electron chi connectivity index (χ2n) is 2.35. The Morgan fingerprint density at radius 2 is 2.00 bits per heavy atom. The number of rotatable bonds is 3. The first-order valence-electron chi connectivity index (χ1n) is 3.70. The Morgan fingerprint density at radius 3 is 2.54 bits per heavy atom. The predicted molar refractivity (Wildman–Crippen MR) is 43.7 cm³/mol. The number of ether oxygens (including phenoxy) is 2. The van der Waals surface area contributed by atoms with Crippen molar-refractivity contribution >= 4 is 5.97 Å². The summed E-state index contributed by atoms with van der Waals surface area (Å²) >= 11 is 0. The zero-order chi connectivity index (χ0) is 9.68. The Bertz CT molecular complexity index is 281. The summed E-state index contributed by atoms with van der Waals surface area (Å²) in [5.74, 6) is -0.287. The highest BCUT2D eigenvalue weighted by Crippen LogP contribution is 2.10. The Kier molecular flexibility index (Phi) is 3.25. The highest BCUT2D eigenvalue weighted by Gasteiger charge is 1.95. The van der Waals surface area contributed by atoms with Gasteiger partial charge in [0.1, 0.15) is 11.6 Å². The number of hydrogen-bond donors (Lipinski definition) is 0. The molecule has 0 atom stereocenters. The summed E-state index contributed by atoms with van der Waals surface area (Å²) in [6.07, 6.45) is 0. The molecule has 0 bridgehead atoms. The van der Waals surface area contributed by atoms with Crippen molar-refractivity contribution < 1.29 is 18.7 Å². The molecule has 0 spiro atoms. The number of hydrogen-bond acceptors (Lipinski definition) is 3. The third-order valence-electron chi connectivity index (χ3n) is 1.30. The van der Waals surface area contributed by atoms with E-state index in [4.69, 9.17) is 4.74 Å². The lowest BCUT2D eigenvalue weighted by Gasteiger charge is -2.04. The molecule has 0 aliphatic carbocycles. The fraction of sp³-hybridized carbons (Fsp3) is 0.222. The average Bonchev–Trinajstić information content (AvgIpc) is 2.08. The van der Waals surface area contributed by atoms with Crippen molar-refractivity contribution in [1.29, 1.82) is 0 Å². The second-order valence-corrected chi connectivity index (χ2v) is 2.35. The van der Waals surface area contributed by atoms with Gasteiger partial charge in [0.15, 0.2) is 0 Å². The van der Waals surface area contributed by atoms with Crippen molar-refractivity contribution in [2.45, 2.75) is 6.92 Å². The van der Waals surface area contributed by atoms with Gasteiger partial charge in [-0.25, -0.2) is 4.39 Å². The SMILES string of the molecule is CC(=O)OCOc1ccc(F)cc1. The predicted octanol–water partition coefficient (Wildman–Crippen LogP) is 1.73. The van der Waals surface area contributed by atoms with Crippen molar-refractivity contribution in [3.8, 4) is 5.75 Å². The Morgan fingerprint density at radius 1 is 1.38 bits per heavy atom. The molecule has 0 unspecified atom stereocenters. The average molecular weight is 184 g/mol. The molecule has 0 aliphatic rings. The third kappa shape index (κ3) is 3.55. The molecular weight excluding hydrogens is 175 g/mol. The molecule has 3 nitrogen and oxygen atoms in total. The second kappa shape index (κ2) is 4.45. The molecule has 0 aromatic heterocycles. The molecule has 13 heavy (non-hydrogen) atoms. The highest BCUT2D eigenvalue weighted by molar-refractivity contribution is 5.65. The lowest BCUT2D eigenvalue weighted by molar-refractivity contribution is -0.147. The van der Waals surface area contributed by atoms with Gasteiger partial charge < -0.3 is 9.47 Å². The lowest BCUT2D eigenvalue weighted by atomic mass is 10.3. The van der Waals surface area contributed by atoms with Crippen LogP contribution in [-0.2, 0) is 9.53 Å². The zero-order valence-electron chi connectivity index (χ0n) is 7.12. The first kappa shape index (κ1) is 9.51. The van der Waals surface area contributed by atoms with E-state index < -0.39 is 5.97 Å². The maximum Gasteiger partial charge on any atom is 0.305 e. The summed E-state index contributed by atoms with van der Waals surface area (Å²) < 4.78 is 21.9. The van der Waals surface area contributed by atoms with E-state index in [1.807, 2.05) is 0 Å². The largest absolute Gasteiger partial charge is 0.457 e. The van der Waals surface area contributed by atoms with Gasteiger partial charge in [-0.2, -0.15) is 0 Å². The quantitative estimate of drug-likeness (QED) is 0.530. The lowest BCUT2D eigenvalue weighted by Crippen LogP contribution is -2.06. The van der Waals surface area contributed by atoms with Gasteiger partial charge in [0, 0.05) is 6.92 Å². The monoisotopic (exact) mass is 184 g/mol. The smallest absolute Gasteiger partial charge is 0.305 e. The van der Waals surface area contributed by atoms with Crippen LogP contribution in [0.5, 0.6) is 5.75 Å². The van der Waals surface area contributed by atoms with Crippen molar-refractivity contribution in [3.63, 3.8) is 0 Å². The van der Waals surface area contributed by atoms with Crippen LogP contribution in [0.15, 0.2) is 24.3 Å². The Balaban J connectivity index is 2.37. The van der Waals surface area contributed by atoms with Crippen LogP contribution in [-0.4, -0.2) is 12.8 Å². The summed E-state index contributed by atoms with van der Waals surface area (Å²) in [6.45, 7) is 1.13. The zero-order valence-corrected chi connectivity index (χ0v) is 7.12. The molecular formula is C9H9FO3. The molecule has 0 radical (unpaired) electrons. The highest BCUT2D eigenvalue weighted by atomic mass is 19.1. The summed E-state index contributed by atoms with van der Waals surface area (Å²) in [5.41, 5.74) is 0. The van der Waals surface area contributed by atoms with E-state index in [9.17, 15) is 9.18 Å². The van der Waals surface area contributed by atoms with Gasteiger partial charge >= 0.3 is 5.97 Å². The Labute approximate surface area is 75.1 Å². The fourth-order valence-electron chi connectivity index (χ4n) is 0.711. The molecule has 0 saturated carbocycles. The molecule has 70 valence electrons. The van der Waals surface area contributed by atoms with Gasteiger partial charge in [-0.15, -0.1) is 0 Å². The van der Waals surface area contributed by atoms with E-state index in [1.54, 1.807) is 0 Å². The molecule has 0 fully saturated rings. The van der Waals surface area contributed by atoms with E-state index in [0.29, 0.717) is 5.75 Å². The number of halogens is 1. The molecule has 0 saturated heterocycles. The number of carbonyl (C=O) groups is 1. The van der Waals surface area contributed by atoms with Crippen LogP contribution in [0.2, 0.25) is 0 Å². The van der Waals surface area contributed by atoms with Gasteiger partial charge in [0.2, 0.25) is 6.79 Å². The van der Waals surface area contributed by atoms with Crippen molar-refractivity contribution in [1.82, 2.24) is 0 Å². The first-order chi connectivity index (χ1) is 6.18. The van der Waals surface area contributed by atoms with Crippen LogP contribution >= 0.6 is 0 Å². The molecule has 4 heteroatoms. The third-order valence-corrected chi connectivity index (χ3v) is 1.30. The normalized spacial score (nSPS) is 9.38. The van der Waals surface area contributed by atoms with Crippen LogP contribution in [0.4, 0.5) is 4.39 Å². The van der Waals surface area contributed by atoms with E-state index in [1.165, 1.54) is 31.2 Å². The van der Waals surface area contributed by atoms with E-state index in [0.717, 1.165) is 0 Å². The van der Waals surface area contributed by atoms with Crippen molar-refractivity contribution in [3.05, 3.63) is 30.1 Å². The van der Waals surface area contributed by atoms with Gasteiger partial charge in [0.05, 0.1) is 0 Å². The van der Waals surface area contributed by atoms with Crippen molar-refractivity contribution in [2.75, 3.05) is 6.79 Å². The molecule has 0 heterocycles. The summed E-state index contributed by atoms with van der Waals surface area (Å²) in [6, 6.07) is 5.45. The fourth-order valence-corrected chi connectivity index (χ4v) is 0.711. The van der Waals surface area contributed by atoms with Gasteiger partial charge in [0.25, 0.3) is 0 Å². The van der Waals surface area contributed by atoms with Gasteiger partial charge in [-0.1, -0.05) is 0 Å². The molecule has 1 aromatic carbocycles. The summed E-state index contributed by atoms with van der Waals surface area (Å²) in [4.78, 5) is 10.3. The maximum atomic E-state index is 12.4. The minimum atomic E-state index is -0.415. The minimum absolute atomic E-state index is 0.152. The van der Waals surface area contributed by atoms with E-state index in [-0.39, 0.29) is 12.6 Å². The van der Waals surface area contributed by atoms with Crippen LogP contribution in [0.3, 0.4) is 0 Å². The van der Waals surface area contributed by atoms with Crippen LogP contribution in [0.1, 0.15) is 6.92 Å². The van der Waals surface area contributed by atoms with Crippen LogP contribution in [0, 0.1) is 5.82 Å². The van der Waals surface area contributed by atoms with Gasteiger partial charge in [-0.3, -0.25) is 4.79 Å². The molecule has 0 N–H and O–H groups in total. The number of esters is 1. The summed E-state index contributed by atoms with van der Waals surface area (Å²) in [7, 11) is 0. The van der Waals surface area contributed by atoms with E-state index in [2.05, 4.69) is 4.74 Å². The van der Waals surface area contributed by atoms with Crippen LogP contribution < -0.4 is 4.74 Å². The Hall–Kier alpha value is -1.58. The van der Waals surface area contributed by atoms with Crippen LogP contribution in [0.25, 0.3) is 0 Å². The summed E-state index contributed by atoms with van der Waals surface area (Å²) in [5, 5.41) is 0. The number of benzene rings is 1. The number of carbonyl (C=O) groups excluding carboxylic acids is 1. The van der Waals surface area contributed by atoms with Crippen molar-refractivity contribution in [2.24, 2.45) is 0 Å².